The molecule has 0 saturated heterocycles. The lowest BCUT2D eigenvalue weighted by atomic mass is 9.96. The van der Waals surface area contributed by atoms with Gasteiger partial charge in [-0.3, -0.25) is 4.79 Å². The van der Waals surface area contributed by atoms with Crippen LogP contribution in [0.2, 0.25) is 0 Å². The summed E-state index contributed by atoms with van der Waals surface area (Å²) in [5.74, 6) is -0.573. The molecular formula is C15H18BrNO4. The Morgan fingerprint density at radius 2 is 2.00 bits per heavy atom. The first-order valence-electron chi connectivity index (χ1n) is 6.84. The smallest absolute Gasteiger partial charge is 0.329 e. The van der Waals surface area contributed by atoms with E-state index in [0.29, 0.717) is 5.75 Å². The number of carboxylic acid groups (broad SMARTS) is 1. The van der Waals surface area contributed by atoms with Crippen molar-refractivity contribution in [3.05, 3.63) is 28.7 Å². The zero-order valence-corrected chi connectivity index (χ0v) is 13.4. The van der Waals surface area contributed by atoms with Gasteiger partial charge in [0.05, 0.1) is 13.0 Å². The van der Waals surface area contributed by atoms with Gasteiger partial charge < -0.3 is 15.2 Å². The molecule has 0 radical (unpaired) electrons. The molecule has 1 aliphatic carbocycles. The average Bonchev–Trinajstić information content (AvgIpc) is 3.25. The minimum Gasteiger partial charge on any atom is -0.493 e. The number of aliphatic carboxylic acids is 1. The summed E-state index contributed by atoms with van der Waals surface area (Å²) >= 11 is 3.33. The first-order valence-corrected chi connectivity index (χ1v) is 7.64. The molecule has 0 bridgehead atoms. The second-order valence-electron chi connectivity index (χ2n) is 5.38. The van der Waals surface area contributed by atoms with Gasteiger partial charge in [0.2, 0.25) is 5.91 Å². The van der Waals surface area contributed by atoms with Gasteiger partial charge in [-0.1, -0.05) is 15.9 Å². The molecule has 1 aromatic carbocycles. The number of rotatable bonds is 7. The molecule has 0 heterocycles. The Labute approximate surface area is 131 Å². The number of hydrogen-bond acceptors (Lipinski definition) is 3. The van der Waals surface area contributed by atoms with E-state index in [1.165, 1.54) is 0 Å². The number of benzene rings is 1. The van der Waals surface area contributed by atoms with Gasteiger partial charge in [-0.15, -0.1) is 0 Å². The Balaban J connectivity index is 1.79. The van der Waals surface area contributed by atoms with Crippen molar-refractivity contribution in [3.8, 4) is 5.75 Å². The van der Waals surface area contributed by atoms with Crippen molar-refractivity contribution in [1.29, 1.82) is 0 Å². The quantitative estimate of drug-likeness (QED) is 0.788. The lowest BCUT2D eigenvalue weighted by Crippen LogP contribution is -2.54. The van der Waals surface area contributed by atoms with Crippen LogP contribution in [0.1, 0.15) is 26.2 Å². The van der Waals surface area contributed by atoms with E-state index in [-0.39, 0.29) is 24.9 Å². The number of amides is 1. The second kappa shape index (κ2) is 6.47. The fraction of sp³-hybridized carbons (Fsp3) is 0.467. The minimum atomic E-state index is -1.16. The van der Waals surface area contributed by atoms with Crippen molar-refractivity contribution < 1.29 is 19.4 Å². The molecule has 1 atom stereocenters. The van der Waals surface area contributed by atoms with E-state index in [1.54, 1.807) is 19.1 Å². The Kier molecular flexibility index (Phi) is 4.88. The molecule has 0 aromatic heterocycles. The fourth-order valence-corrected chi connectivity index (χ4v) is 2.40. The highest BCUT2D eigenvalue weighted by Crippen LogP contribution is 2.39. The normalized spacial score (nSPS) is 16.9. The van der Waals surface area contributed by atoms with E-state index >= 15 is 0 Å². The zero-order chi connectivity index (χ0) is 15.5. The molecule has 114 valence electrons. The molecule has 0 aliphatic heterocycles. The number of hydrogen-bond donors (Lipinski definition) is 2. The number of carbonyl (C=O) groups excluding carboxylic acids is 1. The monoisotopic (exact) mass is 355 g/mol. The topological polar surface area (TPSA) is 75.6 Å². The van der Waals surface area contributed by atoms with E-state index < -0.39 is 11.5 Å². The van der Waals surface area contributed by atoms with Gasteiger partial charge in [-0.25, -0.2) is 4.79 Å². The first kappa shape index (κ1) is 15.8. The van der Waals surface area contributed by atoms with Crippen molar-refractivity contribution in [1.82, 2.24) is 5.32 Å². The lowest BCUT2D eigenvalue weighted by Gasteiger charge is -2.26. The largest absolute Gasteiger partial charge is 0.493 e. The SMILES string of the molecule is CC(NC(=O)CCOc1ccc(Br)cc1)(C(=O)O)C1CC1. The van der Waals surface area contributed by atoms with Crippen LogP contribution in [0.3, 0.4) is 0 Å². The predicted octanol–water partition coefficient (Wildman–Crippen LogP) is 2.59. The predicted molar refractivity (Wildman–Crippen MR) is 81.2 cm³/mol. The molecule has 0 spiro atoms. The van der Waals surface area contributed by atoms with Gasteiger partial charge in [0.1, 0.15) is 11.3 Å². The van der Waals surface area contributed by atoms with Crippen LogP contribution in [0.25, 0.3) is 0 Å². The van der Waals surface area contributed by atoms with Crippen molar-refractivity contribution in [2.24, 2.45) is 5.92 Å². The molecule has 1 unspecified atom stereocenters. The van der Waals surface area contributed by atoms with Crippen LogP contribution < -0.4 is 10.1 Å². The Hall–Kier alpha value is -1.56. The molecule has 5 nitrogen and oxygen atoms in total. The maximum absolute atomic E-state index is 11.9. The molecular weight excluding hydrogens is 338 g/mol. The number of nitrogens with one attached hydrogen (secondary N) is 1. The van der Waals surface area contributed by atoms with E-state index in [2.05, 4.69) is 21.2 Å². The van der Waals surface area contributed by atoms with Crippen LogP contribution in [0.15, 0.2) is 28.7 Å². The molecule has 1 amide bonds. The van der Waals surface area contributed by atoms with E-state index in [9.17, 15) is 14.7 Å². The minimum absolute atomic E-state index is 0.0336. The summed E-state index contributed by atoms with van der Waals surface area (Å²) in [7, 11) is 0. The van der Waals surface area contributed by atoms with Crippen molar-refractivity contribution in [3.63, 3.8) is 0 Å². The van der Waals surface area contributed by atoms with Gasteiger partial charge in [-0.2, -0.15) is 0 Å². The van der Waals surface area contributed by atoms with Crippen molar-refractivity contribution >= 4 is 27.8 Å². The van der Waals surface area contributed by atoms with E-state index in [1.807, 2.05) is 12.1 Å². The van der Waals surface area contributed by atoms with Crippen LogP contribution in [0, 0.1) is 5.92 Å². The summed E-state index contributed by atoms with van der Waals surface area (Å²) in [6.45, 7) is 1.79. The summed E-state index contributed by atoms with van der Waals surface area (Å²) < 4.78 is 6.41. The lowest BCUT2D eigenvalue weighted by molar-refractivity contribution is -0.148. The van der Waals surface area contributed by atoms with Crippen LogP contribution in [-0.2, 0) is 9.59 Å². The molecule has 2 rings (SSSR count). The highest BCUT2D eigenvalue weighted by Gasteiger charge is 2.48. The van der Waals surface area contributed by atoms with Crippen LogP contribution in [0.5, 0.6) is 5.75 Å². The number of halogens is 1. The molecule has 6 heteroatoms. The number of ether oxygens (including phenoxy) is 1. The van der Waals surface area contributed by atoms with Crippen LogP contribution in [0.4, 0.5) is 0 Å². The van der Waals surface area contributed by atoms with Crippen molar-refractivity contribution in [2.45, 2.75) is 31.7 Å². The standard InChI is InChI=1S/C15H18BrNO4/c1-15(14(19)20,10-2-3-10)17-13(18)8-9-21-12-6-4-11(16)5-7-12/h4-7,10H,2-3,8-9H2,1H3,(H,17,18)(H,19,20). The summed E-state index contributed by atoms with van der Waals surface area (Å²) in [4.78, 5) is 23.2. The van der Waals surface area contributed by atoms with Crippen molar-refractivity contribution in [2.75, 3.05) is 6.61 Å². The molecule has 21 heavy (non-hydrogen) atoms. The summed E-state index contributed by atoms with van der Waals surface area (Å²) in [5, 5.41) is 11.9. The van der Waals surface area contributed by atoms with Gasteiger partial charge in [0.15, 0.2) is 0 Å². The highest BCUT2D eigenvalue weighted by atomic mass is 79.9. The molecule has 1 aliphatic rings. The van der Waals surface area contributed by atoms with Gasteiger partial charge in [0.25, 0.3) is 0 Å². The Morgan fingerprint density at radius 3 is 2.52 bits per heavy atom. The third-order valence-electron chi connectivity index (χ3n) is 3.65. The Bertz CT molecular complexity index is 527. The Morgan fingerprint density at radius 1 is 1.38 bits per heavy atom. The molecule has 1 aromatic rings. The van der Waals surface area contributed by atoms with Gasteiger partial charge in [-0.05, 0) is 49.9 Å². The third kappa shape index (κ3) is 4.20. The average molecular weight is 356 g/mol. The first-order chi connectivity index (χ1) is 9.91. The zero-order valence-electron chi connectivity index (χ0n) is 11.8. The summed E-state index contributed by atoms with van der Waals surface area (Å²) in [6.07, 6.45) is 1.82. The van der Waals surface area contributed by atoms with Gasteiger partial charge in [0, 0.05) is 4.47 Å². The van der Waals surface area contributed by atoms with E-state index in [4.69, 9.17) is 4.74 Å². The second-order valence-corrected chi connectivity index (χ2v) is 6.30. The van der Waals surface area contributed by atoms with Gasteiger partial charge >= 0.3 is 5.97 Å². The maximum atomic E-state index is 11.9. The third-order valence-corrected chi connectivity index (χ3v) is 4.18. The summed E-state index contributed by atoms with van der Waals surface area (Å²) in [6, 6.07) is 7.30. The number of carbonyl (C=O) groups is 2. The maximum Gasteiger partial charge on any atom is 0.329 e. The fourth-order valence-electron chi connectivity index (χ4n) is 2.14. The van der Waals surface area contributed by atoms with Crippen LogP contribution in [-0.4, -0.2) is 29.1 Å². The van der Waals surface area contributed by atoms with E-state index in [0.717, 1.165) is 17.3 Å². The molecule has 1 saturated carbocycles. The highest BCUT2D eigenvalue weighted by molar-refractivity contribution is 9.10. The summed E-state index contributed by atoms with van der Waals surface area (Å²) in [5.41, 5.74) is -1.16. The molecule has 2 N–H and O–H groups in total. The number of carboxylic acids is 1. The molecule has 1 fully saturated rings. The van der Waals surface area contributed by atoms with Crippen LogP contribution >= 0.6 is 15.9 Å².